The molecule has 1 aromatic carbocycles. The third-order valence-corrected chi connectivity index (χ3v) is 5.79. The lowest BCUT2D eigenvalue weighted by atomic mass is 9.48. The summed E-state index contributed by atoms with van der Waals surface area (Å²) in [5, 5.41) is 0. The van der Waals surface area contributed by atoms with Crippen LogP contribution in [0.5, 0.6) is 11.5 Å². The van der Waals surface area contributed by atoms with Crippen molar-refractivity contribution in [2.24, 2.45) is 16.7 Å². The third kappa shape index (κ3) is 2.06. The fraction of sp³-hybridized carbons (Fsp3) is 0.611. The van der Waals surface area contributed by atoms with Crippen LogP contribution >= 0.6 is 0 Å². The van der Waals surface area contributed by atoms with Gasteiger partial charge in [-0.25, -0.2) is 0 Å². The van der Waals surface area contributed by atoms with Gasteiger partial charge in [-0.05, 0) is 23.8 Å². The molecule has 1 aliphatic carbocycles. The van der Waals surface area contributed by atoms with Gasteiger partial charge in [0, 0.05) is 25.2 Å². The van der Waals surface area contributed by atoms with E-state index in [2.05, 4.69) is 24.8 Å². The van der Waals surface area contributed by atoms with Gasteiger partial charge >= 0.3 is 5.97 Å². The lowest BCUT2D eigenvalue weighted by molar-refractivity contribution is -0.174. The second-order valence-electron chi connectivity index (χ2n) is 7.69. The predicted molar refractivity (Wildman–Crippen MR) is 84.2 cm³/mol. The van der Waals surface area contributed by atoms with Gasteiger partial charge in [0.1, 0.15) is 0 Å². The molecule has 0 amide bonds. The molecule has 0 N–H and O–H groups in total. The van der Waals surface area contributed by atoms with Crippen molar-refractivity contribution in [3.63, 3.8) is 0 Å². The molecular formula is C18H23NO4. The summed E-state index contributed by atoms with van der Waals surface area (Å²) >= 11 is 0. The molecular weight excluding hydrogens is 294 g/mol. The number of benzene rings is 1. The maximum Gasteiger partial charge on any atom is 0.313 e. The zero-order valence-electron chi connectivity index (χ0n) is 13.9. The number of rotatable bonds is 3. The smallest absolute Gasteiger partial charge is 0.313 e. The molecule has 3 aliphatic rings. The molecule has 0 aromatic heterocycles. The standard InChI is InChI=1S/C18H23NO4/c1-17(2)9-18(16(20)21-3)10-19(8-14(17)18)7-12-5-4-6-13-15(12)23-11-22-13/h4-6,14H,7-11H2,1-3H3/t14-,18+/m1/s1. The number of carbonyl (C=O) groups excluding carboxylic acids is 1. The average Bonchev–Trinajstić information content (AvgIpc) is 3.10. The summed E-state index contributed by atoms with van der Waals surface area (Å²) in [4.78, 5) is 14.7. The van der Waals surface area contributed by atoms with Crippen LogP contribution in [0.3, 0.4) is 0 Å². The maximum atomic E-state index is 12.4. The predicted octanol–water partition coefficient (Wildman–Crippen LogP) is 2.44. The molecule has 0 radical (unpaired) electrons. The minimum absolute atomic E-state index is 0.0535. The second-order valence-corrected chi connectivity index (χ2v) is 7.69. The summed E-state index contributed by atoms with van der Waals surface area (Å²) in [5.41, 5.74) is 0.994. The molecule has 0 bridgehead atoms. The first-order chi connectivity index (χ1) is 11.0. The Bertz CT molecular complexity index is 656. The molecule has 5 heteroatoms. The Hall–Kier alpha value is -1.75. The summed E-state index contributed by atoms with van der Waals surface area (Å²) in [6.07, 6.45) is 0.903. The van der Waals surface area contributed by atoms with Crippen molar-refractivity contribution in [3.8, 4) is 11.5 Å². The fourth-order valence-corrected chi connectivity index (χ4v) is 4.94. The Morgan fingerprint density at radius 3 is 2.96 bits per heavy atom. The zero-order chi connectivity index (χ0) is 16.2. The number of para-hydroxylation sites is 1. The van der Waals surface area contributed by atoms with E-state index in [9.17, 15) is 4.79 Å². The highest BCUT2D eigenvalue weighted by Gasteiger charge is 2.67. The number of hydrogen-bond acceptors (Lipinski definition) is 5. The number of nitrogens with zero attached hydrogens (tertiary/aromatic N) is 1. The Labute approximate surface area is 136 Å². The topological polar surface area (TPSA) is 48.0 Å². The highest BCUT2D eigenvalue weighted by Crippen LogP contribution is 2.63. The number of likely N-dealkylation sites (tertiary alicyclic amines) is 1. The van der Waals surface area contributed by atoms with Crippen molar-refractivity contribution in [1.82, 2.24) is 4.90 Å². The molecule has 0 spiro atoms. The maximum absolute atomic E-state index is 12.4. The highest BCUT2D eigenvalue weighted by atomic mass is 16.7. The summed E-state index contributed by atoms with van der Waals surface area (Å²) in [6.45, 7) is 7.25. The van der Waals surface area contributed by atoms with Crippen molar-refractivity contribution < 1.29 is 19.0 Å². The molecule has 4 rings (SSSR count). The SMILES string of the molecule is COC(=O)[C@@]12CN(Cc3cccc4c3OCO4)C[C@@H]1C(C)(C)C2. The van der Waals surface area contributed by atoms with Crippen LogP contribution in [-0.2, 0) is 16.1 Å². The monoisotopic (exact) mass is 317 g/mol. The molecule has 0 unspecified atom stereocenters. The van der Waals surface area contributed by atoms with E-state index in [0.29, 0.717) is 5.92 Å². The van der Waals surface area contributed by atoms with Crippen molar-refractivity contribution in [1.29, 1.82) is 0 Å². The number of methoxy groups -OCH3 is 1. The van der Waals surface area contributed by atoms with Crippen molar-refractivity contribution >= 4 is 5.97 Å². The van der Waals surface area contributed by atoms with Gasteiger partial charge in [0.15, 0.2) is 11.5 Å². The third-order valence-electron chi connectivity index (χ3n) is 5.79. The molecule has 2 heterocycles. The van der Waals surface area contributed by atoms with Gasteiger partial charge in [-0.15, -0.1) is 0 Å². The van der Waals surface area contributed by atoms with Crippen molar-refractivity contribution in [2.75, 3.05) is 27.0 Å². The van der Waals surface area contributed by atoms with Gasteiger partial charge < -0.3 is 14.2 Å². The Morgan fingerprint density at radius 2 is 2.22 bits per heavy atom. The van der Waals surface area contributed by atoms with E-state index in [1.54, 1.807) is 0 Å². The van der Waals surface area contributed by atoms with Gasteiger partial charge in [-0.1, -0.05) is 26.0 Å². The largest absolute Gasteiger partial charge is 0.469 e. The van der Waals surface area contributed by atoms with Crippen LogP contribution in [0.2, 0.25) is 0 Å². The van der Waals surface area contributed by atoms with E-state index in [1.165, 1.54) is 7.11 Å². The Morgan fingerprint density at radius 1 is 1.39 bits per heavy atom. The van der Waals surface area contributed by atoms with Gasteiger partial charge in [-0.3, -0.25) is 9.69 Å². The van der Waals surface area contributed by atoms with E-state index in [1.807, 2.05) is 12.1 Å². The van der Waals surface area contributed by atoms with E-state index in [-0.39, 0.29) is 23.6 Å². The molecule has 1 saturated heterocycles. The first kappa shape index (κ1) is 14.8. The molecule has 23 heavy (non-hydrogen) atoms. The number of carbonyl (C=O) groups is 1. The van der Waals surface area contributed by atoms with Crippen LogP contribution in [0.4, 0.5) is 0 Å². The van der Waals surface area contributed by atoms with E-state index in [4.69, 9.17) is 14.2 Å². The highest BCUT2D eigenvalue weighted by molar-refractivity contribution is 5.80. The van der Waals surface area contributed by atoms with Crippen molar-refractivity contribution in [3.05, 3.63) is 23.8 Å². The summed E-state index contributed by atoms with van der Waals surface area (Å²) < 4.78 is 16.2. The summed E-state index contributed by atoms with van der Waals surface area (Å²) in [7, 11) is 1.50. The molecule has 1 aromatic rings. The molecule has 2 fully saturated rings. The molecule has 2 atom stereocenters. The van der Waals surface area contributed by atoms with Crippen LogP contribution in [-0.4, -0.2) is 37.9 Å². The molecule has 5 nitrogen and oxygen atoms in total. The lowest BCUT2D eigenvalue weighted by Gasteiger charge is -2.54. The number of esters is 1. The van der Waals surface area contributed by atoms with Crippen LogP contribution in [0.25, 0.3) is 0 Å². The first-order valence-electron chi connectivity index (χ1n) is 8.14. The number of fused-ring (bicyclic) bond motifs is 2. The van der Waals surface area contributed by atoms with Gasteiger partial charge in [0.05, 0.1) is 12.5 Å². The number of ether oxygens (including phenoxy) is 3. The average molecular weight is 317 g/mol. The first-order valence-corrected chi connectivity index (χ1v) is 8.14. The minimum atomic E-state index is -0.326. The summed E-state index contributed by atoms with van der Waals surface area (Å²) in [6, 6.07) is 6.00. The molecule has 124 valence electrons. The van der Waals surface area contributed by atoms with E-state index >= 15 is 0 Å². The van der Waals surface area contributed by atoms with E-state index < -0.39 is 0 Å². The van der Waals surface area contributed by atoms with Crippen LogP contribution in [0, 0.1) is 16.7 Å². The zero-order valence-corrected chi connectivity index (χ0v) is 13.9. The van der Waals surface area contributed by atoms with Crippen LogP contribution < -0.4 is 9.47 Å². The van der Waals surface area contributed by atoms with Crippen molar-refractivity contribution in [2.45, 2.75) is 26.8 Å². The van der Waals surface area contributed by atoms with Crippen LogP contribution in [0.15, 0.2) is 18.2 Å². The van der Waals surface area contributed by atoms with Gasteiger partial charge in [-0.2, -0.15) is 0 Å². The molecule has 2 aliphatic heterocycles. The normalized spacial score (nSPS) is 30.7. The Balaban J connectivity index is 1.56. The van der Waals surface area contributed by atoms with Crippen LogP contribution in [0.1, 0.15) is 25.8 Å². The quantitative estimate of drug-likeness (QED) is 0.801. The molecule has 1 saturated carbocycles. The Kier molecular flexibility index (Phi) is 3.14. The minimum Gasteiger partial charge on any atom is -0.469 e. The van der Waals surface area contributed by atoms with E-state index in [0.717, 1.165) is 43.1 Å². The number of hydrogen-bond donors (Lipinski definition) is 0. The van der Waals surface area contributed by atoms with Gasteiger partial charge in [0.2, 0.25) is 6.79 Å². The van der Waals surface area contributed by atoms with Gasteiger partial charge in [0.25, 0.3) is 0 Å². The summed E-state index contributed by atoms with van der Waals surface area (Å²) in [5.74, 6) is 1.96. The second kappa shape index (κ2) is 4.87. The lowest BCUT2D eigenvalue weighted by Crippen LogP contribution is -2.57. The fourth-order valence-electron chi connectivity index (χ4n) is 4.94.